The summed E-state index contributed by atoms with van der Waals surface area (Å²) in [4.78, 5) is 17.6. The fraction of sp³-hybridized carbons (Fsp3) is 0.667. The number of nitrogens with zero attached hydrogens (tertiary/aromatic N) is 3. The van der Waals surface area contributed by atoms with E-state index in [-0.39, 0.29) is 5.91 Å². The third-order valence-corrected chi connectivity index (χ3v) is 7.25. The molecular formula is C21H34N4O3S. The van der Waals surface area contributed by atoms with E-state index in [0.717, 1.165) is 44.6 Å². The summed E-state index contributed by atoms with van der Waals surface area (Å²) in [6.45, 7) is 9.68. The molecule has 29 heavy (non-hydrogen) atoms. The SMILES string of the molecule is CC(C)C(CNC(=O)c1ccc2c(c1)CCCN2S(C)(=O)=O)N1CCN(C)CC1. The highest BCUT2D eigenvalue weighted by Crippen LogP contribution is 2.29. The van der Waals surface area contributed by atoms with Gasteiger partial charge in [-0.05, 0) is 49.6 Å². The molecule has 0 bridgehead atoms. The van der Waals surface area contributed by atoms with Crippen LogP contribution in [0.2, 0.25) is 0 Å². The van der Waals surface area contributed by atoms with E-state index in [0.29, 0.717) is 36.3 Å². The molecule has 0 saturated carbocycles. The molecule has 1 unspecified atom stereocenters. The van der Waals surface area contributed by atoms with Crippen molar-refractivity contribution in [1.29, 1.82) is 0 Å². The van der Waals surface area contributed by atoms with Crippen LogP contribution >= 0.6 is 0 Å². The first kappa shape index (κ1) is 22.1. The van der Waals surface area contributed by atoms with Crippen molar-refractivity contribution in [1.82, 2.24) is 15.1 Å². The first-order valence-electron chi connectivity index (χ1n) is 10.5. The van der Waals surface area contributed by atoms with Crippen LogP contribution in [0.1, 0.15) is 36.2 Å². The van der Waals surface area contributed by atoms with Gasteiger partial charge in [0.05, 0.1) is 11.9 Å². The van der Waals surface area contributed by atoms with E-state index in [1.54, 1.807) is 12.1 Å². The van der Waals surface area contributed by atoms with Gasteiger partial charge in [-0.1, -0.05) is 13.8 Å². The Morgan fingerprint density at radius 2 is 1.83 bits per heavy atom. The zero-order valence-corrected chi connectivity index (χ0v) is 18.8. The van der Waals surface area contributed by atoms with Crippen molar-refractivity contribution in [2.75, 3.05) is 56.9 Å². The lowest BCUT2D eigenvalue weighted by molar-refractivity contribution is 0.0791. The minimum Gasteiger partial charge on any atom is -0.350 e. The molecule has 2 heterocycles. The monoisotopic (exact) mass is 422 g/mol. The predicted molar refractivity (Wildman–Crippen MR) is 117 cm³/mol. The Kier molecular flexibility index (Phi) is 6.86. The van der Waals surface area contributed by atoms with E-state index >= 15 is 0 Å². The number of anilines is 1. The number of hydrogen-bond acceptors (Lipinski definition) is 5. The summed E-state index contributed by atoms with van der Waals surface area (Å²) < 4.78 is 25.5. The molecule has 0 aliphatic carbocycles. The number of carbonyl (C=O) groups excluding carboxylic acids is 1. The smallest absolute Gasteiger partial charge is 0.251 e. The van der Waals surface area contributed by atoms with Crippen molar-refractivity contribution in [2.24, 2.45) is 5.92 Å². The summed E-state index contributed by atoms with van der Waals surface area (Å²) in [5.74, 6) is 0.356. The average molecular weight is 423 g/mol. The average Bonchev–Trinajstić information content (AvgIpc) is 2.67. The first-order valence-corrected chi connectivity index (χ1v) is 12.3. The zero-order chi connectivity index (χ0) is 21.2. The first-order chi connectivity index (χ1) is 13.7. The largest absolute Gasteiger partial charge is 0.350 e. The Labute approximate surface area is 175 Å². The van der Waals surface area contributed by atoms with E-state index in [2.05, 4.69) is 36.0 Å². The highest BCUT2D eigenvalue weighted by atomic mass is 32.2. The lowest BCUT2D eigenvalue weighted by Gasteiger charge is -2.40. The van der Waals surface area contributed by atoms with Crippen LogP contribution in [-0.4, -0.2) is 82.7 Å². The highest BCUT2D eigenvalue weighted by Gasteiger charge is 2.27. The standard InChI is InChI=1S/C21H34N4O3S/c1-16(2)20(24-12-10-23(3)11-13-24)15-22-21(26)18-7-8-19-17(14-18)6-5-9-25(19)29(4,27)28/h7-8,14,16,20H,5-6,9-13,15H2,1-4H3,(H,22,26). The van der Waals surface area contributed by atoms with Gasteiger partial charge < -0.3 is 10.2 Å². The highest BCUT2D eigenvalue weighted by molar-refractivity contribution is 7.92. The minimum atomic E-state index is -3.30. The molecule has 0 radical (unpaired) electrons. The van der Waals surface area contributed by atoms with Gasteiger partial charge in [-0.15, -0.1) is 0 Å². The van der Waals surface area contributed by atoms with E-state index in [9.17, 15) is 13.2 Å². The van der Waals surface area contributed by atoms with Crippen molar-refractivity contribution in [3.8, 4) is 0 Å². The predicted octanol–water partition coefficient (Wildman–Crippen LogP) is 1.40. The molecule has 3 rings (SSSR count). The Balaban J connectivity index is 1.67. The van der Waals surface area contributed by atoms with Crippen molar-refractivity contribution in [3.63, 3.8) is 0 Å². The number of hydrogen-bond donors (Lipinski definition) is 1. The van der Waals surface area contributed by atoms with Crippen LogP contribution in [0.4, 0.5) is 5.69 Å². The van der Waals surface area contributed by atoms with Gasteiger partial charge in [0.1, 0.15) is 0 Å². The molecule has 1 N–H and O–H groups in total. The van der Waals surface area contributed by atoms with E-state index < -0.39 is 10.0 Å². The summed E-state index contributed by atoms with van der Waals surface area (Å²) in [7, 11) is -1.15. The van der Waals surface area contributed by atoms with Crippen LogP contribution in [0.15, 0.2) is 18.2 Å². The Hall–Kier alpha value is -1.64. The topological polar surface area (TPSA) is 73.0 Å². The zero-order valence-electron chi connectivity index (χ0n) is 18.0. The molecule has 2 aliphatic rings. The number of aryl methyl sites for hydroxylation is 1. The van der Waals surface area contributed by atoms with E-state index in [1.807, 2.05) is 6.07 Å². The van der Waals surface area contributed by atoms with E-state index in [4.69, 9.17) is 0 Å². The van der Waals surface area contributed by atoms with Crippen molar-refractivity contribution >= 4 is 21.6 Å². The normalized spacial score (nSPS) is 19.8. The second-order valence-electron chi connectivity index (χ2n) is 8.64. The summed E-state index contributed by atoms with van der Waals surface area (Å²) in [5.41, 5.74) is 2.22. The molecule has 0 spiro atoms. The third-order valence-electron chi connectivity index (χ3n) is 6.07. The van der Waals surface area contributed by atoms with Gasteiger partial charge in [-0.2, -0.15) is 0 Å². The Bertz CT molecular complexity index is 832. The number of fused-ring (bicyclic) bond motifs is 1. The second kappa shape index (κ2) is 9.02. The number of sulfonamides is 1. The van der Waals surface area contributed by atoms with Crippen molar-refractivity contribution < 1.29 is 13.2 Å². The van der Waals surface area contributed by atoms with E-state index in [1.165, 1.54) is 10.6 Å². The number of carbonyl (C=O) groups is 1. The number of piperazine rings is 1. The molecule has 1 fully saturated rings. The van der Waals surface area contributed by atoms with Gasteiger partial charge in [0, 0.05) is 50.9 Å². The van der Waals surface area contributed by atoms with Crippen molar-refractivity contribution in [2.45, 2.75) is 32.7 Å². The van der Waals surface area contributed by atoms with Crippen LogP contribution in [-0.2, 0) is 16.4 Å². The minimum absolute atomic E-state index is 0.0935. The lowest BCUT2D eigenvalue weighted by Crippen LogP contribution is -2.54. The van der Waals surface area contributed by atoms with Gasteiger partial charge in [0.15, 0.2) is 0 Å². The Morgan fingerprint density at radius 3 is 2.45 bits per heavy atom. The van der Waals surface area contributed by atoms with Gasteiger partial charge in [0.25, 0.3) is 5.91 Å². The fourth-order valence-electron chi connectivity index (χ4n) is 4.29. The molecule has 162 valence electrons. The second-order valence-corrected chi connectivity index (χ2v) is 10.5. The molecule has 7 nitrogen and oxygen atoms in total. The molecule has 8 heteroatoms. The number of likely N-dealkylation sites (N-methyl/N-ethyl adjacent to an activating group) is 1. The van der Waals surface area contributed by atoms with Crippen LogP contribution in [0.3, 0.4) is 0 Å². The summed E-state index contributed by atoms with van der Waals surface area (Å²) in [5, 5.41) is 3.11. The van der Waals surface area contributed by atoms with Crippen molar-refractivity contribution in [3.05, 3.63) is 29.3 Å². The molecule has 0 aromatic heterocycles. The maximum atomic E-state index is 12.8. The molecule has 1 amide bonds. The van der Waals surface area contributed by atoms with Gasteiger partial charge >= 0.3 is 0 Å². The van der Waals surface area contributed by atoms with Crippen LogP contribution in [0, 0.1) is 5.92 Å². The molecule has 1 atom stereocenters. The fourth-order valence-corrected chi connectivity index (χ4v) is 5.28. The molecule has 1 saturated heterocycles. The van der Waals surface area contributed by atoms with Crippen LogP contribution in [0.5, 0.6) is 0 Å². The van der Waals surface area contributed by atoms with Gasteiger partial charge in [0.2, 0.25) is 10.0 Å². The summed E-state index contributed by atoms with van der Waals surface area (Å²) in [6.07, 6.45) is 2.79. The quantitative estimate of drug-likeness (QED) is 0.750. The number of amides is 1. The summed E-state index contributed by atoms with van der Waals surface area (Å²) >= 11 is 0. The molecule has 1 aromatic rings. The maximum absolute atomic E-state index is 12.8. The molecular weight excluding hydrogens is 388 g/mol. The van der Waals surface area contributed by atoms with Crippen LogP contribution in [0.25, 0.3) is 0 Å². The van der Waals surface area contributed by atoms with Gasteiger partial charge in [-0.3, -0.25) is 14.0 Å². The lowest BCUT2D eigenvalue weighted by atomic mass is 9.99. The number of rotatable bonds is 6. The number of benzene rings is 1. The van der Waals surface area contributed by atoms with Crippen LogP contribution < -0.4 is 9.62 Å². The number of nitrogens with one attached hydrogen (secondary N) is 1. The molecule has 1 aromatic carbocycles. The maximum Gasteiger partial charge on any atom is 0.251 e. The summed E-state index contributed by atoms with van der Waals surface area (Å²) in [6, 6.07) is 5.66. The Morgan fingerprint density at radius 1 is 1.14 bits per heavy atom. The van der Waals surface area contributed by atoms with Gasteiger partial charge in [-0.25, -0.2) is 8.42 Å². The molecule has 2 aliphatic heterocycles. The third kappa shape index (κ3) is 5.29.